The maximum Gasteiger partial charge on any atom is 0.0826 e. The standard InChI is InChI=1S/C16H30N4O/c1-13(2)19-8-9-21-16(12-19)11-17-6-5-7-20-15(4)10-14(3)18-20/h10,13,16-17H,5-9,11-12H2,1-4H3. The maximum atomic E-state index is 5.82. The number of nitrogens with one attached hydrogen (secondary N) is 1. The molecule has 1 N–H and O–H groups in total. The maximum absolute atomic E-state index is 5.82. The Morgan fingerprint density at radius 2 is 2.24 bits per heavy atom. The zero-order valence-electron chi connectivity index (χ0n) is 13.9. The first-order chi connectivity index (χ1) is 10.1. The molecule has 0 aromatic carbocycles. The molecule has 0 bridgehead atoms. The molecule has 1 atom stereocenters. The van der Waals surface area contributed by atoms with E-state index in [1.165, 1.54) is 5.69 Å². The van der Waals surface area contributed by atoms with Crippen molar-refractivity contribution in [2.24, 2.45) is 0 Å². The molecule has 1 unspecified atom stereocenters. The first-order valence-electron chi connectivity index (χ1n) is 8.13. The van der Waals surface area contributed by atoms with Gasteiger partial charge in [-0.2, -0.15) is 5.10 Å². The molecule has 1 aliphatic heterocycles. The SMILES string of the molecule is Cc1cc(C)n(CCCNCC2CN(C(C)C)CCO2)n1. The van der Waals surface area contributed by atoms with Gasteiger partial charge in [0.15, 0.2) is 0 Å². The van der Waals surface area contributed by atoms with E-state index in [2.05, 4.69) is 46.8 Å². The molecule has 0 radical (unpaired) electrons. The van der Waals surface area contributed by atoms with Crippen molar-refractivity contribution >= 4 is 0 Å². The largest absolute Gasteiger partial charge is 0.374 e. The van der Waals surface area contributed by atoms with Crippen LogP contribution in [0.4, 0.5) is 0 Å². The molecule has 1 saturated heterocycles. The van der Waals surface area contributed by atoms with Gasteiger partial charge in [-0.3, -0.25) is 9.58 Å². The van der Waals surface area contributed by atoms with E-state index in [1.807, 2.05) is 6.92 Å². The highest BCUT2D eigenvalue weighted by atomic mass is 16.5. The van der Waals surface area contributed by atoms with E-state index < -0.39 is 0 Å². The van der Waals surface area contributed by atoms with Gasteiger partial charge in [0.2, 0.25) is 0 Å². The summed E-state index contributed by atoms with van der Waals surface area (Å²) in [4.78, 5) is 2.49. The van der Waals surface area contributed by atoms with Crippen LogP contribution < -0.4 is 5.32 Å². The summed E-state index contributed by atoms with van der Waals surface area (Å²) in [6.07, 6.45) is 1.43. The molecule has 2 heterocycles. The van der Waals surface area contributed by atoms with Crippen LogP contribution in [0.5, 0.6) is 0 Å². The second-order valence-electron chi connectivity index (χ2n) is 6.29. The lowest BCUT2D eigenvalue weighted by molar-refractivity contribution is -0.0370. The Bertz CT molecular complexity index is 430. The summed E-state index contributed by atoms with van der Waals surface area (Å²) in [5.74, 6) is 0. The second-order valence-corrected chi connectivity index (χ2v) is 6.29. The average molecular weight is 294 g/mol. The van der Waals surface area contributed by atoms with Crippen molar-refractivity contribution in [1.82, 2.24) is 20.0 Å². The molecule has 0 aliphatic carbocycles. The predicted molar refractivity (Wildman–Crippen MR) is 85.6 cm³/mol. The minimum atomic E-state index is 0.329. The number of aromatic nitrogens is 2. The number of nitrogens with zero attached hydrogens (tertiary/aromatic N) is 3. The monoisotopic (exact) mass is 294 g/mol. The number of rotatable bonds is 7. The molecular formula is C16H30N4O. The molecule has 1 aliphatic rings. The van der Waals surface area contributed by atoms with Crippen molar-refractivity contribution in [3.8, 4) is 0 Å². The topological polar surface area (TPSA) is 42.3 Å². The van der Waals surface area contributed by atoms with Crippen LogP contribution in [0, 0.1) is 13.8 Å². The Morgan fingerprint density at radius 3 is 2.90 bits per heavy atom. The predicted octanol–water partition coefficient (Wildman–Crippen LogP) is 1.59. The number of hydrogen-bond acceptors (Lipinski definition) is 4. The summed E-state index contributed by atoms with van der Waals surface area (Å²) in [5.41, 5.74) is 2.35. The summed E-state index contributed by atoms with van der Waals surface area (Å²) < 4.78 is 7.92. The van der Waals surface area contributed by atoms with Crippen LogP contribution in [0.3, 0.4) is 0 Å². The Hall–Kier alpha value is -0.910. The molecule has 2 rings (SSSR count). The van der Waals surface area contributed by atoms with Crippen molar-refractivity contribution in [2.75, 3.05) is 32.8 Å². The highest BCUT2D eigenvalue weighted by Crippen LogP contribution is 2.08. The number of ether oxygens (including phenoxy) is 1. The fourth-order valence-electron chi connectivity index (χ4n) is 2.85. The highest BCUT2D eigenvalue weighted by molar-refractivity contribution is 5.06. The molecule has 21 heavy (non-hydrogen) atoms. The minimum Gasteiger partial charge on any atom is -0.374 e. The quantitative estimate of drug-likeness (QED) is 0.776. The van der Waals surface area contributed by atoms with Gasteiger partial charge in [-0.25, -0.2) is 0 Å². The third-order valence-electron chi connectivity index (χ3n) is 4.10. The van der Waals surface area contributed by atoms with Crippen LogP contribution >= 0.6 is 0 Å². The van der Waals surface area contributed by atoms with Crippen molar-refractivity contribution in [3.63, 3.8) is 0 Å². The zero-order valence-corrected chi connectivity index (χ0v) is 13.9. The molecule has 0 amide bonds. The summed E-state index contributed by atoms with van der Waals surface area (Å²) in [7, 11) is 0. The molecule has 1 aromatic rings. The average Bonchev–Trinajstić information content (AvgIpc) is 2.77. The fraction of sp³-hybridized carbons (Fsp3) is 0.812. The third-order valence-corrected chi connectivity index (χ3v) is 4.10. The van der Waals surface area contributed by atoms with Gasteiger partial charge in [0, 0.05) is 37.9 Å². The number of aryl methyl sites for hydroxylation is 3. The van der Waals surface area contributed by atoms with Gasteiger partial charge in [-0.05, 0) is 46.7 Å². The van der Waals surface area contributed by atoms with E-state index in [9.17, 15) is 0 Å². The lowest BCUT2D eigenvalue weighted by Gasteiger charge is -2.35. The molecule has 0 saturated carbocycles. The molecule has 120 valence electrons. The van der Waals surface area contributed by atoms with E-state index in [0.717, 1.165) is 51.4 Å². The van der Waals surface area contributed by atoms with Crippen LogP contribution in [0.15, 0.2) is 6.07 Å². The van der Waals surface area contributed by atoms with Gasteiger partial charge < -0.3 is 10.1 Å². The van der Waals surface area contributed by atoms with Crippen molar-refractivity contribution in [2.45, 2.75) is 52.8 Å². The van der Waals surface area contributed by atoms with Gasteiger partial charge in [-0.1, -0.05) is 0 Å². The van der Waals surface area contributed by atoms with Crippen molar-refractivity contribution in [1.29, 1.82) is 0 Å². The summed E-state index contributed by atoms with van der Waals surface area (Å²) in [5, 5.41) is 8.00. The van der Waals surface area contributed by atoms with Gasteiger partial charge in [0.05, 0.1) is 18.4 Å². The van der Waals surface area contributed by atoms with Crippen LogP contribution in [-0.4, -0.2) is 59.6 Å². The Labute approximate surface area is 128 Å². The highest BCUT2D eigenvalue weighted by Gasteiger charge is 2.21. The van der Waals surface area contributed by atoms with E-state index >= 15 is 0 Å². The molecule has 1 fully saturated rings. The molecular weight excluding hydrogens is 264 g/mol. The lowest BCUT2D eigenvalue weighted by atomic mass is 10.2. The molecule has 0 spiro atoms. The van der Waals surface area contributed by atoms with E-state index in [0.29, 0.717) is 12.1 Å². The van der Waals surface area contributed by atoms with E-state index in [4.69, 9.17) is 4.74 Å². The van der Waals surface area contributed by atoms with Gasteiger partial charge in [0.25, 0.3) is 0 Å². The lowest BCUT2D eigenvalue weighted by Crippen LogP contribution is -2.49. The minimum absolute atomic E-state index is 0.329. The van der Waals surface area contributed by atoms with Gasteiger partial charge >= 0.3 is 0 Å². The van der Waals surface area contributed by atoms with E-state index in [-0.39, 0.29) is 0 Å². The fourth-order valence-corrected chi connectivity index (χ4v) is 2.85. The Morgan fingerprint density at radius 1 is 1.43 bits per heavy atom. The third kappa shape index (κ3) is 5.09. The van der Waals surface area contributed by atoms with E-state index in [1.54, 1.807) is 0 Å². The zero-order chi connectivity index (χ0) is 15.2. The van der Waals surface area contributed by atoms with Crippen LogP contribution in [0.25, 0.3) is 0 Å². The molecule has 1 aromatic heterocycles. The van der Waals surface area contributed by atoms with Gasteiger partial charge in [0.1, 0.15) is 0 Å². The smallest absolute Gasteiger partial charge is 0.0826 e. The summed E-state index contributed by atoms with van der Waals surface area (Å²) in [6, 6.07) is 2.74. The van der Waals surface area contributed by atoms with Crippen LogP contribution in [-0.2, 0) is 11.3 Å². The van der Waals surface area contributed by atoms with Crippen LogP contribution in [0.1, 0.15) is 31.7 Å². The second kappa shape index (κ2) is 7.92. The van der Waals surface area contributed by atoms with Crippen LogP contribution in [0.2, 0.25) is 0 Å². The number of morpholine rings is 1. The first-order valence-corrected chi connectivity index (χ1v) is 8.13. The summed E-state index contributed by atoms with van der Waals surface area (Å²) >= 11 is 0. The molecule has 5 nitrogen and oxygen atoms in total. The number of hydrogen-bond donors (Lipinski definition) is 1. The Kier molecular flexibility index (Phi) is 6.21. The molecule has 5 heteroatoms. The van der Waals surface area contributed by atoms with Crippen molar-refractivity contribution < 1.29 is 4.74 Å². The van der Waals surface area contributed by atoms with Crippen molar-refractivity contribution in [3.05, 3.63) is 17.5 Å². The van der Waals surface area contributed by atoms with Gasteiger partial charge in [-0.15, -0.1) is 0 Å². The first kappa shape index (κ1) is 16.5. The Balaban J connectivity index is 1.60. The normalized spacial score (nSPS) is 20.3. The summed E-state index contributed by atoms with van der Waals surface area (Å²) in [6.45, 7) is 14.6.